The first kappa shape index (κ1) is 17.9. The van der Waals surface area contributed by atoms with Crippen LogP contribution in [0.2, 0.25) is 10.0 Å². The van der Waals surface area contributed by atoms with Crippen molar-refractivity contribution in [2.24, 2.45) is 0 Å². The molecule has 24 heavy (non-hydrogen) atoms. The number of nitrogens with one attached hydrogen (secondary N) is 1. The van der Waals surface area contributed by atoms with Gasteiger partial charge in [0.1, 0.15) is 11.5 Å². The summed E-state index contributed by atoms with van der Waals surface area (Å²) in [6.45, 7) is 1.58. The van der Waals surface area contributed by atoms with Gasteiger partial charge in [-0.25, -0.2) is 0 Å². The van der Waals surface area contributed by atoms with Gasteiger partial charge in [0.25, 0.3) is 5.91 Å². The third kappa shape index (κ3) is 4.31. The Morgan fingerprint density at radius 1 is 1.21 bits per heavy atom. The van der Waals surface area contributed by atoms with Crippen molar-refractivity contribution in [2.75, 3.05) is 12.4 Å². The van der Waals surface area contributed by atoms with Gasteiger partial charge in [-0.3, -0.25) is 4.79 Å². The fourth-order valence-electron chi connectivity index (χ4n) is 1.92. The molecule has 0 heterocycles. The van der Waals surface area contributed by atoms with Crippen LogP contribution in [-0.2, 0) is 4.79 Å². The standard InChI is InChI=1S/C17H14Cl2N2O3/c1-10(24-15-5-3-11(9-20)7-13(15)19)17(22)21-14-8-12(18)4-6-16(14)23-2/h3-8,10H,1-2H3,(H,21,22)/t10-/m0/s1. The second-order valence-corrected chi connectivity index (χ2v) is 5.69. The number of benzene rings is 2. The molecule has 1 N–H and O–H groups in total. The molecule has 0 radical (unpaired) electrons. The Labute approximate surface area is 149 Å². The minimum Gasteiger partial charge on any atom is -0.495 e. The Hall–Kier alpha value is -2.42. The van der Waals surface area contributed by atoms with Crippen LogP contribution in [0.5, 0.6) is 11.5 Å². The lowest BCUT2D eigenvalue weighted by atomic mass is 10.2. The summed E-state index contributed by atoms with van der Waals surface area (Å²) in [7, 11) is 1.50. The number of ether oxygens (including phenoxy) is 2. The summed E-state index contributed by atoms with van der Waals surface area (Å²) in [4.78, 5) is 12.3. The van der Waals surface area contributed by atoms with Crippen LogP contribution >= 0.6 is 23.2 Å². The van der Waals surface area contributed by atoms with Crippen LogP contribution in [0.15, 0.2) is 36.4 Å². The molecular weight excluding hydrogens is 351 g/mol. The van der Waals surface area contributed by atoms with Gasteiger partial charge < -0.3 is 14.8 Å². The number of hydrogen-bond donors (Lipinski definition) is 1. The first-order chi connectivity index (χ1) is 11.4. The summed E-state index contributed by atoms with van der Waals surface area (Å²) in [5.74, 6) is 0.406. The first-order valence-corrected chi connectivity index (χ1v) is 7.71. The van der Waals surface area contributed by atoms with Crippen LogP contribution in [-0.4, -0.2) is 19.1 Å². The van der Waals surface area contributed by atoms with Crippen molar-refractivity contribution >= 4 is 34.8 Å². The van der Waals surface area contributed by atoms with Crippen molar-refractivity contribution in [3.63, 3.8) is 0 Å². The molecule has 0 bridgehead atoms. The van der Waals surface area contributed by atoms with Gasteiger partial charge in [0.15, 0.2) is 6.10 Å². The molecule has 124 valence electrons. The molecule has 0 aliphatic heterocycles. The summed E-state index contributed by atoms with van der Waals surface area (Å²) in [6, 6.07) is 11.5. The summed E-state index contributed by atoms with van der Waals surface area (Å²) < 4.78 is 10.7. The quantitative estimate of drug-likeness (QED) is 0.859. The Kier molecular flexibility index (Phi) is 5.91. The molecule has 0 fully saturated rings. The summed E-state index contributed by atoms with van der Waals surface area (Å²) >= 11 is 12.0. The van der Waals surface area contributed by atoms with E-state index >= 15 is 0 Å². The van der Waals surface area contributed by atoms with Gasteiger partial charge in [0, 0.05) is 5.02 Å². The van der Waals surface area contributed by atoms with Gasteiger partial charge in [0.2, 0.25) is 0 Å². The summed E-state index contributed by atoms with van der Waals surface area (Å²) in [6.07, 6.45) is -0.820. The highest BCUT2D eigenvalue weighted by Crippen LogP contribution is 2.29. The van der Waals surface area contributed by atoms with Gasteiger partial charge in [-0.15, -0.1) is 0 Å². The normalized spacial score (nSPS) is 11.3. The Morgan fingerprint density at radius 3 is 2.54 bits per heavy atom. The monoisotopic (exact) mass is 364 g/mol. The van der Waals surface area contributed by atoms with Crippen LogP contribution < -0.4 is 14.8 Å². The number of carbonyl (C=O) groups excluding carboxylic acids is 1. The SMILES string of the molecule is COc1ccc(Cl)cc1NC(=O)[C@H](C)Oc1ccc(C#N)cc1Cl. The molecule has 0 aromatic heterocycles. The topological polar surface area (TPSA) is 71.3 Å². The number of rotatable bonds is 5. The van der Waals surface area contributed by atoms with Crippen LogP contribution in [0.1, 0.15) is 12.5 Å². The van der Waals surface area contributed by atoms with Crippen molar-refractivity contribution < 1.29 is 14.3 Å². The molecule has 2 aromatic carbocycles. The maximum absolute atomic E-state index is 12.3. The zero-order valence-corrected chi connectivity index (χ0v) is 14.5. The highest BCUT2D eigenvalue weighted by Gasteiger charge is 2.18. The fraction of sp³-hybridized carbons (Fsp3) is 0.176. The molecule has 2 aromatic rings. The lowest BCUT2D eigenvalue weighted by Gasteiger charge is -2.17. The zero-order chi connectivity index (χ0) is 17.7. The van der Waals surface area contributed by atoms with Gasteiger partial charge in [0.05, 0.1) is 29.5 Å². The molecule has 0 aliphatic rings. The zero-order valence-electron chi connectivity index (χ0n) is 13.0. The second-order valence-electron chi connectivity index (χ2n) is 4.85. The van der Waals surface area contributed by atoms with E-state index in [1.165, 1.54) is 13.2 Å². The molecule has 7 heteroatoms. The Morgan fingerprint density at radius 2 is 1.92 bits per heavy atom. The predicted octanol–water partition coefficient (Wildman–Crippen LogP) is 4.28. The fourth-order valence-corrected chi connectivity index (χ4v) is 2.32. The largest absolute Gasteiger partial charge is 0.495 e. The highest BCUT2D eigenvalue weighted by atomic mass is 35.5. The average Bonchev–Trinajstić information content (AvgIpc) is 2.56. The van der Waals surface area contributed by atoms with Crippen LogP contribution in [0, 0.1) is 11.3 Å². The molecule has 5 nitrogen and oxygen atoms in total. The molecule has 0 unspecified atom stereocenters. The van der Waals surface area contributed by atoms with Gasteiger partial charge >= 0.3 is 0 Å². The molecule has 2 rings (SSSR count). The maximum atomic E-state index is 12.3. The van der Waals surface area contributed by atoms with E-state index in [1.807, 2.05) is 6.07 Å². The van der Waals surface area contributed by atoms with Crippen molar-refractivity contribution in [2.45, 2.75) is 13.0 Å². The average molecular weight is 365 g/mol. The third-order valence-corrected chi connectivity index (χ3v) is 3.68. The molecule has 0 saturated heterocycles. The first-order valence-electron chi connectivity index (χ1n) is 6.95. The molecule has 0 aliphatic carbocycles. The van der Waals surface area contributed by atoms with Crippen molar-refractivity contribution in [3.05, 3.63) is 52.0 Å². The molecular formula is C17H14Cl2N2O3. The minimum absolute atomic E-state index is 0.258. The number of nitrogens with zero attached hydrogens (tertiary/aromatic N) is 1. The number of anilines is 1. The lowest BCUT2D eigenvalue weighted by Crippen LogP contribution is -2.30. The van der Waals surface area contributed by atoms with Gasteiger partial charge in [-0.05, 0) is 43.3 Å². The van der Waals surface area contributed by atoms with E-state index in [1.54, 1.807) is 37.3 Å². The van der Waals surface area contributed by atoms with Crippen LogP contribution in [0.4, 0.5) is 5.69 Å². The maximum Gasteiger partial charge on any atom is 0.265 e. The lowest BCUT2D eigenvalue weighted by molar-refractivity contribution is -0.122. The van der Waals surface area contributed by atoms with Crippen LogP contribution in [0.3, 0.4) is 0 Å². The molecule has 1 amide bonds. The number of halogens is 2. The van der Waals surface area contributed by atoms with E-state index in [-0.39, 0.29) is 5.02 Å². The van der Waals surface area contributed by atoms with Crippen molar-refractivity contribution in [1.82, 2.24) is 0 Å². The van der Waals surface area contributed by atoms with Crippen molar-refractivity contribution in [1.29, 1.82) is 5.26 Å². The van der Waals surface area contributed by atoms with E-state index < -0.39 is 12.0 Å². The van der Waals surface area contributed by atoms with E-state index in [9.17, 15) is 4.79 Å². The van der Waals surface area contributed by atoms with Crippen LogP contribution in [0.25, 0.3) is 0 Å². The summed E-state index contributed by atoms with van der Waals surface area (Å²) in [5, 5.41) is 12.2. The number of nitriles is 1. The Bertz CT molecular complexity index is 803. The van der Waals surface area contributed by atoms with Crippen molar-refractivity contribution in [3.8, 4) is 17.6 Å². The minimum atomic E-state index is -0.820. The second kappa shape index (κ2) is 7.91. The van der Waals surface area contributed by atoms with E-state index in [0.29, 0.717) is 27.8 Å². The smallest absolute Gasteiger partial charge is 0.265 e. The number of methoxy groups -OCH3 is 1. The van der Waals surface area contributed by atoms with Gasteiger partial charge in [-0.2, -0.15) is 5.26 Å². The highest BCUT2D eigenvalue weighted by molar-refractivity contribution is 6.32. The number of hydrogen-bond acceptors (Lipinski definition) is 4. The van der Waals surface area contributed by atoms with Gasteiger partial charge in [-0.1, -0.05) is 23.2 Å². The van der Waals surface area contributed by atoms with E-state index in [2.05, 4.69) is 5.32 Å². The van der Waals surface area contributed by atoms with E-state index in [0.717, 1.165) is 0 Å². The number of amides is 1. The third-order valence-electron chi connectivity index (χ3n) is 3.15. The molecule has 0 saturated carbocycles. The Balaban J connectivity index is 2.10. The molecule has 0 spiro atoms. The molecule has 1 atom stereocenters. The van der Waals surface area contributed by atoms with E-state index in [4.69, 9.17) is 37.9 Å². The predicted molar refractivity (Wildman–Crippen MR) is 92.9 cm³/mol. The number of carbonyl (C=O) groups is 1. The summed E-state index contributed by atoms with van der Waals surface area (Å²) in [5.41, 5.74) is 0.851.